The number of halogens is 2. The molecule has 0 heterocycles. The van der Waals surface area contributed by atoms with E-state index in [1.165, 1.54) is 0 Å². The summed E-state index contributed by atoms with van der Waals surface area (Å²) < 4.78 is 22.3. The Morgan fingerprint density at radius 2 is 2.33 bits per heavy atom. The quantitative estimate of drug-likeness (QED) is 0.406. The summed E-state index contributed by atoms with van der Waals surface area (Å²) >= 11 is 2.67. The summed E-state index contributed by atoms with van der Waals surface area (Å²) in [6.07, 6.45) is -1.93. The molecule has 0 nitrogen and oxygen atoms in total. The summed E-state index contributed by atoms with van der Waals surface area (Å²) in [6.45, 7) is 0. The van der Waals surface area contributed by atoms with Crippen molar-refractivity contribution in [2.45, 2.75) is 0 Å². The first-order valence-corrected chi connectivity index (χ1v) is 6.75. The van der Waals surface area contributed by atoms with Crippen molar-refractivity contribution in [1.29, 1.82) is 0 Å². The van der Waals surface area contributed by atoms with Gasteiger partial charge < -0.3 is 0 Å². The van der Waals surface area contributed by atoms with Gasteiger partial charge >= 0.3 is 49.7 Å². The molecule has 0 radical (unpaired) electrons. The van der Waals surface area contributed by atoms with Crippen LogP contribution in [-0.4, -0.2) is 0 Å². The molecule has 0 rings (SSSR count). The Morgan fingerprint density at radius 1 is 1.83 bits per heavy atom. The standard InChI is InChI=1S/FPS2.FH.V/c1-2(3)4;;/h;1H;/q;;+1/p-1/i;1-1;. The Hall–Kier alpha value is 1.31. The predicted molar refractivity (Wildman–Crippen MR) is 23.9 cm³/mol. The summed E-state index contributed by atoms with van der Waals surface area (Å²) in [6, 6.07) is 0. The van der Waals surface area contributed by atoms with E-state index in [0.717, 1.165) is 0 Å². The molecule has 0 N–H and O–H groups in total. The van der Waals surface area contributed by atoms with Crippen molar-refractivity contribution >= 4 is 27.1 Å². The maximum atomic E-state index is 11.3. The van der Waals surface area contributed by atoms with Gasteiger partial charge in [-0.15, -0.1) is 0 Å². The molecule has 0 aromatic carbocycles. The molecule has 1 atom stereocenters. The minimum absolute atomic E-state index is 0.626. The van der Waals surface area contributed by atoms with Crippen LogP contribution in [-0.2, 0) is 35.9 Å². The zero-order valence-corrected chi connectivity index (χ0v) is 6.39. The van der Waals surface area contributed by atoms with Crippen LogP contribution in [0.4, 0.5) is 7.60 Å². The molecule has 36 valence electrons. The molecule has 0 bridgehead atoms. The Kier molecular flexibility index (Phi) is 5.45. The van der Waals surface area contributed by atoms with Gasteiger partial charge in [-0.3, -0.25) is 0 Å². The minimum atomic E-state index is -1.93. The van der Waals surface area contributed by atoms with Crippen molar-refractivity contribution < 1.29 is 22.7 Å². The third-order valence-corrected chi connectivity index (χ3v) is 6.00. The average Bonchev–Trinajstić information content (AvgIpc) is 1.35. The molecule has 0 aliphatic carbocycles. The van der Waals surface area contributed by atoms with Gasteiger partial charge in [0.25, 0.3) is 0 Å². The second kappa shape index (κ2) is 4.47. The Labute approximate surface area is 49.8 Å². The molecule has 0 fully saturated rings. The fraction of sp³-hybridized carbons (Fsp3) is 0. The van der Waals surface area contributed by atoms with E-state index < -0.39 is 21.3 Å². The zero-order chi connectivity index (χ0) is 4.99. The van der Waals surface area contributed by atoms with E-state index in [-0.39, 0.29) is 0 Å². The van der Waals surface area contributed by atoms with Crippen molar-refractivity contribution in [3.63, 3.8) is 0 Å². The third-order valence-electron chi connectivity index (χ3n) is 0.0951. The van der Waals surface area contributed by atoms with E-state index in [0.29, 0.717) is 8.59 Å². The topological polar surface area (TPSA) is 0 Å². The van der Waals surface area contributed by atoms with Gasteiger partial charge in [-0.1, -0.05) is 0 Å². The van der Waals surface area contributed by atoms with Crippen molar-refractivity contribution in [1.82, 2.24) is 0 Å². The van der Waals surface area contributed by atoms with Crippen LogP contribution in [0.3, 0.4) is 0 Å². The zero-order valence-electron chi connectivity index (χ0n) is 2.47. The summed E-state index contributed by atoms with van der Waals surface area (Å²) in [5.74, 6) is 0. The molecule has 1 unspecified atom stereocenters. The molecule has 0 spiro atoms. The Bertz CT molecular complexity index is 89.7. The van der Waals surface area contributed by atoms with Crippen molar-refractivity contribution in [2.75, 3.05) is 0 Å². The number of hydrogen-bond donors (Lipinski definition) is 0. The maximum absolute atomic E-state index is 11.3. The molecule has 0 amide bonds. The predicted octanol–water partition coefficient (Wildman–Crippen LogP) is 1.69. The van der Waals surface area contributed by atoms with Crippen LogP contribution in [0, 0.1) is 0 Å². The molecule has 0 saturated heterocycles. The number of hydrogen-bond acceptors (Lipinski definition) is 1. The van der Waals surface area contributed by atoms with Gasteiger partial charge in [0.05, 0.1) is 0 Å². The van der Waals surface area contributed by atoms with Crippen molar-refractivity contribution in [3.8, 4) is 0 Å². The molecule has 0 aliphatic rings. The van der Waals surface area contributed by atoms with E-state index in [1.807, 2.05) is 0 Å². The first kappa shape index (κ1) is 7.31. The normalized spacial score (nSPS) is 10.2. The molecular formula is F2PS2V. The van der Waals surface area contributed by atoms with Crippen LogP contribution in [0.25, 0.3) is 0 Å². The first-order chi connectivity index (χ1) is 2.77. The fourth-order valence-corrected chi connectivity index (χ4v) is 1.84. The molecule has 6 heteroatoms. The van der Waals surface area contributed by atoms with Crippen molar-refractivity contribution in [3.05, 3.63) is 0 Å². The molecule has 0 saturated carbocycles. The summed E-state index contributed by atoms with van der Waals surface area (Å²) in [4.78, 5) is 0. The molecular weight excluding hydrogens is 183 g/mol. The van der Waals surface area contributed by atoms with Crippen LogP contribution in [0.5, 0.6) is 0 Å². The van der Waals surface area contributed by atoms with E-state index in [1.54, 1.807) is 0 Å². The van der Waals surface area contributed by atoms with Crippen molar-refractivity contribution in [2.24, 2.45) is 0 Å². The van der Waals surface area contributed by atoms with Crippen LogP contribution in [0.15, 0.2) is 0 Å². The SMILES string of the molecule is F[P+]([S-])=[S]=[V][18F]. The van der Waals surface area contributed by atoms with E-state index in [2.05, 4.69) is 12.2 Å². The summed E-state index contributed by atoms with van der Waals surface area (Å²) in [5, 5.41) is 0. The van der Waals surface area contributed by atoms with Gasteiger partial charge in [-0.05, 0) is 0 Å². The van der Waals surface area contributed by atoms with Gasteiger partial charge in [-0.2, -0.15) is 0 Å². The number of rotatable bonds is 0. The van der Waals surface area contributed by atoms with Gasteiger partial charge in [0.1, 0.15) is 0 Å². The summed E-state index contributed by atoms with van der Waals surface area (Å²) in [5.41, 5.74) is 0. The monoisotopic (exact) mass is 183 g/mol. The van der Waals surface area contributed by atoms with Gasteiger partial charge in [0.15, 0.2) is 0 Å². The second-order valence-corrected chi connectivity index (χ2v) is 7.14. The second-order valence-electron chi connectivity index (χ2n) is 0.363. The van der Waals surface area contributed by atoms with E-state index in [9.17, 15) is 7.60 Å². The first-order valence-electron chi connectivity index (χ1n) is 0.886. The van der Waals surface area contributed by atoms with Crippen LogP contribution in [0.1, 0.15) is 0 Å². The van der Waals surface area contributed by atoms with Crippen LogP contribution < -0.4 is 0 Å². The Balaban J connectivity index is 3.73. The summed E-state index contributed by atoms with van der Waals surface area (Å²) in [7, 11) is 0.626. The van der Waals surface area contributed by atoms with E-state index >= 15 is 0 Å². The van der Waals surface area contributed by atoms with Gasteiger partial charge in [0, 0.05) is 0 Å². The molecule has 0 aromatic heterocycles. The fourth-order valence-electron chi connectivity index (χ4n) is 0.0243. The van der Waals surface area contributed by atoms with Crippen LogP contribution in [0.2, 0.25) is 0 Å². The van der Waals surface area contributed by atoms with Gasteiger partial charge in [0.2, 0.25) is 0 Å². The van der Waals surface area contributed by atoms with E-state index in [4.69, 9.17) is 0 Å². The molecule has 6 heavy (non-hydrogen) atoms. The Morgan fingerprint density at radius 3 is 2.33 bits per heavy atom. The molecule has 0 aromatic rings. The van der Waals surface area contributed by atoms with Crippen LogP contribution >= 0.6 is 6.21 Å². The van der Waals surface area contributed by atoms with Gasteiger partial charge in [-0.25, -0.2) is 0 Å². The average molecular weight is 183 g/mol. The molecule has 0 aliphatic heterocycles. The third kappa shape index (κ3) is 5.31.